The molecule has 2 saturated heterocycles. The minimum atomic E-state index is 0.320. The first-order valence-electron chi connectivity index (χ1n) is 7.37. The summed E-state index contributed by atoms with van der Waals surface area (Å²) in [7, 11) is 0. The highest BCUT2D eigenvalue weighted by Gasteiger charge is 2.30. The first-order valence-corrected chi connectivity index (χ1v) is 8.49. The van der Waals surface area contributed by atoms with Gasteiger partial charge in [-0.2, -0.15) is 0 Å². The van der Waals surface area contributed by atoms with E-state index in [-0.39, 0.29) is 0 Å². The molecule has 0 amide bonds. The lowest BCUT2D eigenvalue weighted by Crippen LogP contribution is -2.55. The maximum atomic E-state index is 5.94. The molecule has 2 aliphatic rings. The fourth-order valence-corrected chi connectivity index (χ4v) is 3.20. The lowest BCUT2D eigenvalue weighted by atomic mass is 10.1. The van der Waals surface area contributed by atoms with E-state index in [4.69, 9.17) is 9.47 Å². The van der Waals surface area contributed by atoms with Crippen molar-refractivity contribution in [1.82, 2.24) is 9.80 Å². The van der Waals surface area contributed by atoms with Gasteiger partial charge in [0.15, 0.2) is 0 Å². The molecular weight excluding hydrogens is 308 g/mol. The first-order chi connectivity index (χ1) is 9.10. The first kappa shape index (κ1) is 15.7. The molecule has 0 spiro atoms. The zero-order valence-electron chi connectivity index (χ0n) is 12.3. The van der Waals surface area contributed by atoms with Gasteiger partial charge in [-0.25, -0.2) is 0 Å². The molecule has 0 aromatic heterocycles. The lowest BCUT2D eigenvalue weighted by molar-refractivity contribution is -0.0910. The van der Waals surface area contributed by atoms with E-state index in [2.05, 4.69) is 46.5 Å². The number of rotatable bonds is 4. The summed E-state index contributed by atoms with van der Waals surface area (Å²) >= 11 is 3.52. The van der Waals surface area contributed by atoms with E-state index >= 15 is 0 Å². The fraction of sp³-hybridized carbons (Fsp3) is 1.00. The van der Waals surface area contributed by atoms with Crippen molar-refractivity contribution >= 4 is 15.9 Å². The highest BCUT2D eigenvalue weighted by Crippen LogP contribution is 2.16. The molecule has 0 saturated carbocycles. The third kappa shape index (κ3) is 4.39. The van der Waals surface area contributed by atoms with Crippen LogP contribution in [0.4, 0.5) is 0 Å². The summed E-state index contributed by atoms with van der Waals surface area (Å²) in [6, 6.07) is 1.11. The molecule has 2 aliphatic heterocycles. The van der Waals surface area contributed by atoms with Crippen LogP contribution in [0.3, 0.4) is 0 Å². The number of halogens is 1. The van der Waals surface area contributed by atoms with Gasteiger partial charge in [0.05, 0.1) is 25.4 Å². The Bertz CT molecular complexity index is 278. The van der Waals surface area contributed by atoms with Crippen molar-refractivity contribution in [2.24, 2.45) is 0 Å². The molecule has 2 rings (SSSR count). The molecular formula is C14H27BrN2O2. The van der Waals surface area contributed by atoms with Gasteiger partial charge in [0.25, 0.3) is 0 Å². The molecule has 112 valence electrons. The van der Waals surface area contributed by atoms with Crippen LogP contribution in [0.5, 0.6) is 0 Å². The molecule has 0 N–H and O–H groups in total. The average molecular weight is 335 g/mol. The minimum absolute atomic E-state index is 0.320. The summed E-state index contributed by atoms with van der Waals surface area (Å²) in [4.78, 5) is 5.03. The van der Waals surface area contributed by atoms with Crippen LogP contribution >= 0.6 is 15.9 Å². The third-order valence-corrected chi connectivity index (χ3v) is 4.87. The molecule has 0 aromatic carbocycles. The lowest BCUT2D eigenvalue weighted by Gasteiger charge is -2.42. The third-order valence-electron chi connectivity index (χ3n) is 4.15. The van der Waals surface area contributed by atoms with E-state index in [9.17, 15) is 0 Å². The number of ether oxygens (including phenoxy) is 2. The van der Waals surface area contributed by atoms with Crippen LogP contribution in [0.2, 0.25) is 0 Å². The SMILES string of the molecule is CC(C)N1CCOC(CN2CC(CBr)OCC2C)C1. The molecule has 2 fully saturated rings. The Hall–Kier alpha value is 0.320. The second-order valence-corrected chi connectivity index (χ2v) is 6.64. The summed E-state index contributed by atoms with van der Waals surface area (Å²) in [6.45, 7) is 12.6. The maximum absolute atomic E-state index is 5.94. The van der Waals surface area contributed by atoms with Crippen LogP contribution < -0.4 is 0 Å². The van der Waals surface area contributed by atoms with Crippen molar-refractivity contribution in [3.63, 3.8) is 0 Å². The Kier molecular flexibility index (Phi) is 6.09. The number of hydrogen-bond donors (Lipinski definition) is 0. The van der Waals surface area contributed by atoms with Crippen LogP contribution in [0.1, 0.15) is 20.8 Å². The van der Waals surface area contributed by atoms with E-state index in [1.165, 1.54) is 0 Å². The van der Waals surface area contributed by atoms with Gasteiger partial charge in [-0.05, 0) is 20.8 Å². The van der Waals surface area contributed by atoms with Gasteiger partial charge < -0.3 is 9.47 Å². The standard InChI is InChI=1S/C14H27BrN2O2/c1-11(2)16-4-5-18-14(8-16)9-17-7-13(6-15)19-10-12(17)3/h11-14H,4-10H2,1-3H3. The zero-order valence-corrected chi connectivity index (χ0v) is 13.9. The van der Waals surface area contributed by atoms with Gasteiger partial charge in [-0.1, -0.05) is 15.9 Å². The van der Waals surface area contributed by atoms with Gasteiger partial charge in [0.1, 0.15) is 0 Å². The summed E-state index contributed by atoms with van der Waals surface area (Å²) in [5, 5.41) is 0.917. The molecule has 3 unspecified atom stereocenters. The van der Waals surface area contributed by atoms with E-state index in [1.807, 2.05) is 0 Å². The van der Waals surface area contributed by atoms with Gasteiger partial charge >= 0.3 is 0 Å². The molecule has 0 bridgehead atoms. The number of morpholine rings is 2. The zero-order chi connectivity index (χ0) is 13.8. The molecule has 0 aliphatic carbocycles. The van der Waals surface area contributed by atoms with Crippen molar-refractivity contribution in [2.45, 2.75) is 45.1 Å². The normalized spacial score (nSPS) is 34.9. The van der Waals surface area contributed by atoms with Crippen LogP contribution in [0.25, 0.3) is 0 Å². The average Bonchev–Trinajstić information content (AvgIpc) is 2.41. The molecule has 5 heteroatoms. The molecule has 3 atom stereocenters. The van der Waals surface area contributed by atoms with Crippen LogP contribution in [-0.2, 0) is 9.47 Å². The van der Waals surface area contributed by atoms with Gasteiger partial charge in [-0.3, -0.25) is 9.80 Å². The van der Waals surface area contributed by atoms with Crippen molar-refractivity contribution < 1.29 is 9.47 Å². The number of nitrogens with zero attached hydrogens (tertiary/aromatic N) is 2. The largest absolute Gasteiger partial charge is 0.374 e. The van der Waals surface area contributed by atoms with Crippen molar-refractivity contribution in [2.75, 3.05) is 44.7 Å². The van der Waals surface area contributed by atoms with E-state index in [1.54, 1.807) is 0 Å². The van der Waals surface area contributed by atoms with Gasteiger partial charge in [-0.15, -0.1) is 0 Å². The molecule has 19 heavy (non-hydrogen) atoms. The van der Waals surface area contributed by atoms with E-state index < -0.39 is 0 Å². The maximum Gasteiger partial charge on any atom is 0.0829 e. The minimum Gasteiger partial charge on any atom is -0.374 e. The molecule has 0 aromatic rings. The monoisotopic (exact) mass is 334 g/mol. The van der Waals surface area contributed by atoms with Gasteiger partial charge in [0, 0.05) is 43.6 Å². The highest BCUT2D eigenvalue weighted by atomic mass is 79.9. The Morgan fingerprint density at radius 1 is 1.21 bits per heavy atom. The van der Waals surface area contributed by atoms with Crippen molar-refractivity contribution in [1.29, 1.82) is 0 Å². The molecule has 4 nitrogen and oxygen atoms in total. The van der Waals surface area contributed by atoms with Crippen LogP contribution in [0, 0.1) is 0 Å². The van der Waals surface area contributed by atoms with E-state index in [0.29, 0.717) is 24.3 Å². The summed E-state index contributed by atoms with van der Waals surface area (Å²) in [5.41, 5.74) is 0. The predicted octanol–water partition coefficient (Wildman–Crippen LogP) is 1.58. The quantitative estimate of drug-likeness (QED) is 0.729. The Balaban J connectivity index is 1.85. The second-order valence-electron chi connectivity index (χ2n) is 5.99. The smallest absolute Gasteiger partial charge is 0.0829 e. The fourth-order valence-electron chi connectivity index (χ4n) is 2.81. The number of hydrogen-bond acceptors (Lipinski definition) is 4. The highest BCUT2D eigenvalue weighted by molar-refractivity contribution is 9.09. The van der Waals surface area contributed by atoms with Gasteiger partial charge in [0.2, 0.25) is 0 Å². The summed E-state index contributed by atoms with van der Waals surface area (Å²) in [5.74, 6) is 0. The second kappa shape index (κ2) is 7.36. The van der Waals surface area contributed by atoms with Crippen molar-refractivity contribution in [3.05, 3.63) is 0 Å². The van der Waals surface area contributed by atoms with Crippen LogP contribution in [0.15, 0.2) is 0 Å². The number of alkyl halides is 1. The Labute approximate surface area is 125 Å². The Morgan fingerprint density at radius 3 is 2.68 bits per heavy atom. The topological polar surface area (TPSA) is 24.9 Å². The molecule has 2 heterocycles. The van der Waals surface area contributed by atoms with Crippen molar-refractivity contribution in [3.8, 4) is 0 Å². The predicted molar refractivity (Wildman–Crippen MR) is 81.0 cm³/mol. The summed E-state index contributed by atoms with van der Waals surface area (Å²) in [6.07, 6.45) is 0.661. The summed E-state index contributed by atoms with van der Waals surface area (Å²) < 4.78 is 11.7. The molecule has 0 radical (unpaired) electrons. The van der Waals surface area contributed by atoms with E-state index in [0.717, 1.165) is 44.7 Å². The van der Waals surface area contributed by atoms with Crippen LogP contribution in [-0.4, -0.2) is 78.8 Å². The Morgan fingerprint density at radius 2 is 2.00 bits per heavy atom.